The van der Waals surface area contributed by atoms with Gasteiger partial charge in [-0.15, -0.1) is 0 Å². The van der Waals surface area contributed by atoms with E-state index in [4.69, 9.17) is 25.4 Å². The lowest BCUT2D eigenvalue weighted by molar-refractivity contribution is -0.111. The monoisotopic (exact) mass is 505 g/mol. The smallest absolute Gasteiger partial charge is 0.247 e. The van der Waals surface area contributed by atoms with Crippen molar-refractivity contribution >= 4 is 55.5 Å². The van der Waals surface area contributed by atoms with E-state index >= 15 is 0 Å². The number of H-pyrrole nitrogens is 1. The Morgan fingerprint density at radius 2 is 1.95 bits per heavy atom. The normalized spacial score (nSPS) is 11.4. The number of nitrogens with one attached hydrogen (secondary N) is 3. The minimum atomic E-state index is -1.12. The fraction of sp³-hybridized carbons (Fsp3) is 0.222. The van der Waals surface area contributed by atoms with E-state index in [1.54, 1.807) is 44.4 Å². The number of aromatic amines is 1. The molecule has 2 aromatic carbocycles. The molecule has 0 aliphatic rings. The number of nitrogens with zero attached hydrogens (tertiary/aromatic N) is 4. The lowest BCUT2D eigenvalue weighted by Crippen LogP contribution is -2.53. The molecule has 2 aromatic heterocycles. The first-order valence-corrected chi connectivity index (χ1v) is 11.9. The number of benzene rings is 2. The van der Waals surface area contributed by atoms with Crippen molar-refractivity contribution < 1.29 is 9.53 Å². The van der Waals surface area contributed by atoms with E-state index in [1.165, 1.54) is 6.08 Å². The summed E-state index contributed by atoms with van der Waals surface area (Å²) >= 11 is 0. The molecule has 0 atom stereocenters. The SMILES string of the molecule is [B]C([B])(CN(C)c1cc(OC)c(Nc2nccc(-c3c[nH]c4ccccc34)n2)cc1NC(=O)C=C)N(C)C. The van der Waals surface area contributed by atoms with Crippen LogP contribution in [0, 0.1) is 0 Å². The van der Waals surface area contributed by atoms with Crippen LogP contribution in [0.2, 0.25) is 0 Å². The zero-order valence-corrected chi connectivity index (χ0v) is 21.9. The number of amides is 1. The molecule has 0 aliphatic carbocycles. The van der Waals surface area contributed by atoms with Crippen LogP contribution >= 0.6 is 0 Å². The number of likely N-dealkylation sites (N-methyl/N-ethyl adjacent to an activating group) is 2. The van der Waals surface area contributed by atoms with E-state index in [1.807, 2.05) is 48.5 Å². The first-order chi connectivity index (χ1) is 18.1. The van der Waals surface area contributed by atoms with Gasteiger partial charge < -0.3 is 30.2 Å². The number of carbonyl (C=O) groups excluding carboxylic acids is 1. The Balaban J connectivity index is 1.71. The fourth-order valence-electron chi connectivity index (χ4n) is 4.01. The summed E-state index contributed by atoms with van der Waals surface area (Å²) in [7, 11) is 19.5. The average molecular weight is 505 g/mol. The van der Waals surface area contributed by atoms with Gasteiger partial charge in [0.1, 0.15) is 5.75 Å². The number of aromatic nitrogens is 3. The van der Waals surface area contributed by atoms with Crippen molar-refractivity contribution in [3.8, 4) is 17.0 Å². The summed E-state index contributed by atoms with van der Waals surface area (Å²) in [6.07, 6.45) is 4.81. The summed E-state index contributed by atoms with van der Waals surface area (Å²) in [4.78, 5) is 28.2. The summed E-state index contributed by atoms with van der Waals surface area (Å²) in [5.74, 6) is 0.505. The van der Waals surface area contributed by atoms with Gasteiger partial charge in [-0.25, -0.2) is 9.97 Å². The topological polar surface area (TPSA) is 98.4 Å². The molecule has 0 bridgehead atoms. The second-order valence-electron chi connectivity index (χ2n) is 9.14. The second-order valence-corrected chi connectivity index (χ2v) is 9.14. The molecule has 0 saturated heterocycles. The van der Waals surface area contributed by atoms with Gasteiger partial charge >= 0.3 is 0 Å². The third-order valence-corrected chi connectivity index (χ3v) is 6.26. The highest BCUT2D eigenvalue weighted by Gasteiger charge is 2.24. The molecule has 190 valence electrons. The molecule has 0 fully saturated rings. The highest BCUT2D eigenvalue weighted by atomic mass is 16.5. The fourth-order valence-corrected chi connectivity index (χ4v) is 4.01. The molecule has 0 spiro atoms. The van der Waals surface area contributed by atoms with Crippen LogP contribution in [0.15, 0.2) is 67.5 Å². The van der Waals surface area contributed by atoms with Crippen LogP contribution in [-0.2, 0) is 4.79 Å². The molecule has 1 amide bonds. The highest BCUT2D eigenvalue weighted by Crippen LogP contribution is 2.38. The molecule has 0 aliphatic heterocycles. The van der Waals surface area contributed by atoms with E-state index in [2.05, 4.69) is 27.2 Å². The van der Waals surface area contributed by atoms with Crippen molar-refractivity contribution in [2.75, 3.05) is 50.3 Å². The third-order valence-electron chi connectivity index (χ3n) is 6.26. The van der Waals surface area contributed by atoms with Gasteiger partial charge in [0.15, 0.2) is 0 Å². The van der Waals surface area contributed by atoms with E-state index in [9.17, 15) is 4.79 Å². The van der Waals surface area contributed by atoms with E-state index in [0.717, 1.165) is 22.2 Å². The largest absolute Gasteiger partial charge is 0.494 e. The quantitative estimate of drug-likeness (QED) is 0.224. The molecule has 4 radical (unpaired) electrons. The molecule has 0 saturated carbocycles. The Bertz CT molecular complexity index is 1470. The highest BCUT2D eigenvalue weighted by molar-refractivity contribution is 6.40. The summed E-state index contributed by atoms with van der Waals surface area (Å²) in [6, 6.07) is 13.4. The number of anilines is 4. The zero-order valence-electron chi connectivity index (χ0n) is 21.9. The maximum absolute atomic E-state index is 12.3. The van der Waals surface area contributed by atoms with Crippen LogP contribution in [-0.4, -0.2) is 81.6 Å². The van der Waals surface area contributed by atoms with Gasteiger partial charge in [-0.2, -0.15) is 0 Å². The van der Waals surface area contributed by atoms with Crippen molar-refractivity contribution in [3.05, 3.63) is 67.5 Å². The Morgan fingerprint density at radius 3 is 2.66 bits per heavy atom. The van der Waals surface area contributed by atoms with Crippen LogP contribution in [0.1, 0.15) is 0 Å². The molecule has 0 unspecified atom stereocenters. The molecule has 3 N–H and O–H groups in total. The third kappa shape index (κ3) is 5.68. The van der Waals surface area contributed by atoms with Crippen molar-refractivity contribution in [2.45, 2.75) is 5.34 Å². The van der Waals surface area contributed by atoms with Gasteiger partial charge in [0.05, 0.1) is 45.6 Å². The average Bonchev–Trinajstić information content (AvgIpc) is 3.33. The first-order valence-electron chi connectivity index (χ1n) is 11.9. The van der Waals surface area contributed by atoms with Gasteiger partial charge in [0.25, 0.3) is 0 Å². The van der Waals surface area contributed by atoms with E-state index in [0.29, 0.717) is 28.8 Å². The Labute approximate surface area is 225 Å². The number of rotatable bonds is 10. The molecule has 4 rings (SSSR count). The Morgan fingerprint density at radius 1 is 1.18 bits per heavy atom. The van der Waals surface area contributed by atoms with E-state index < -0.39 is 5.34 Å². The molecule has 11 heteroatoms. The number of fused-ring (bicyclic) bond motifs is 1. The second kappa shape index (κ2) is 11.0. The van der Waals surface area contributed by atoms with Gasteiger partial charge in [0.2, 0.25) is 11.9 Å². The van der Waals surface area contributed by atoms with Crippen molar-refractivity contribution in [3.63, 3.8) is 0 Å². The number of hydrogen-bond acceptors (Lipinski definition) is 7. The zero-order chi connectivity index (χ0) is 27.4. The standard InChI is InChI=1S/C27H29B2N7O2/c1-6-25(37)32-21-13-22(24(38-5)14-23(21)36(4)16-27(28,29)35(2)3)34-26-30-12-11-20(33-26)18-15-31-19-10-8-7-9-17(18)19/h6-15,31H,1,16H2,2-5H3,(H,32,37)(H,30,33,34). The van der Waals surface area contributed by atoms with Crippen LogP contribution in [0.4, 0.5) is 23.0 Å². The van der Waals surface area contributed by atoms with E-state index in [-0.39, 0.29) is 12.5 Å². The van der Waals surface area contributed by atoms with Crippen molar-refractivity contribution in [1.29, 1.82) is 0 Å². The minimum Gasteiger partial charge on any atom is -0.494 e. The Kier molecular flexibility index (Phi) is 7.78. The number of para-hydroxylation sites is 1. The van der Waals surface area contributed by atoms with Gasteiger partial charge in [-0.05, 0) is 43.7 Å². The molecular formula is C27H29B2N7O2. The first kappa shape index (κ1) is 26.8. The molecular weight excluding hydrogens is 476 g/mol. The lowest BCUT2D eigenvalue weighted by Gasteiger charge is -2.39. The van der Waals surface area contributed by atoms with Crippen LogP contribution in [0.3, 0.4) is 0 Å². The van der Waals surface area contributed by atoms with Crippen molar-refractivity contribution in [2.24, 2.45) is 0 Å². The molecule has 4 aromatic rings. The predicted octanol–water partition coefficient (Wildman–Crippen LogP) is 3.49. The molecule has 38 heavy (non-hydrogen) atoms. The number of hydrogen-bond donors (Lipinski definition) is 3. The number of carbonyl (C=O) groups is 1. The summed E-state index contributed by atoms with van der Waals surface area (Å²) in [5, 5.41) is 6.03. The van der Waals surface area contributed by atoms with Crippen LogP contribution in [0.5, 0.6) is 5.75 Å². The summed E-state index contributed by atoms with van der Waals surface area (Å²) in [6.45, 7) is 3.82. The Hall–Kier alpha value is -4.24. The summed E-state index contributed by atoms with van der Waals surface area (Å²) in [5.41, 5.74) is 4.44. The number of ether oxygens (including phenoxy) is 1. The van der Waals surface area contributed by atoms with Crippen LogP contribution < -0.4 is 20.3 Å². The van der Waals surface area contributed by atoms with Crippen LogP contribution in [0.25, 0.3) is 22.2 Å². The van der Waals surface area contributed by atoms with Gasteiger partial charge in [-0.1, -0.05) is 24.8 Å². The van der Waals surface area contributed by atoms with Crippen molar-refractivity contribution in [1.82, 2.24) is 19.9 Å². The maximum Gasteiger partial charge on any atom is 0.247 e. The lowest BCUT2D eigenvalue weighted by atomic mass is 9.60. The van der Waals surface area contributed by atoms with Gasteiger partial charge in [0, 0.05) is 48.5 Å². The van der Waals surface area contributed by atoms with Gasteiger partial charge in [-0.3, -0.25) is 4.79 Å². The predicted molar refractivity (Wildman–Crippen MR) is 156 cm³/mol. The minimum absolute atomic E-state index is 0.267. The number of methoxy groups -OCH3 is 1. The summed E-state index contributed by atoms with van der Waals surface area (Å²) < 4.78 is 5.68. The molecule has 9 nitrogen and oxygen atoms in total. The maximum atomic E-state index is 12.3. The molecule has 2 heterocycles.